The number of para-hydroxylation sites is 2. The van der Waals surface area contributed by atoms with Crippen molar-refractivity contribution in [1.82, 2.24) is 9.55 Å². The third kappa shape index (κ3) is 3.01. The van der Waals surface area contributed by atoms with Crippen LogP contribution in [-0.2, 0) is 16.1 Å². The molecular weight excluding hydrogens is 344 g/mol. The highest BCUT2D eigenvalue weighted by Gasteiger charge is 2.29. The molecule has 0 bridgehead atoms. The fourth-order valence-electron chi connectivity index (χ4n) is 3.33. The molecule has 138 valence electrons. The molecule has 7 heteroatoms. The number of nitrogens with zero attached hydrogens (tertiary/aromatic N) is 3. The van der Waals surface area contributed by atoms with Crippen molar-refractivity contribution in [3.05, 3.63) is 48.3 Å². The fraction of sp³-hybridized carbons (Fsp3) is 0.250. The van der Waals surface area contributed by atoms with Crippen LogP contribution < -0.4 is 15.0 Å². The minimum Gasteiger partial charge on any atom is -0.479 e. The van der Waals surface area contributed by atoms with Gasteiger partial charge >= 0.3 is 0 Å². The number of nitrogens with one attached hydrogen (secondary N) is 1. The van der Waals surface area contributed by atoms with E-state index in [1.807, 2.05) is 35.8 Å². The largest absolute Gasteiger partial charge is 0.479 e. The number of likely N-dealkylation sites (N-methyl/N-ethyl adjacent to an activating group) is 1. The summed E-state index contributed by atoms with van der Waals surface area (Å²) in [6.07, 6.45) is -0.513. The van der Waals surface area contributed by atoms with Gasteiger partial charge in [-0.3, -0.25) is 9.59 Å². The first kappa shape index (κ1) is 17.1. The van der Waals surface area contributed by atoms with Gasteiger partial charge in [0.15, 0.2) is 6.10 Å². The molecule has 3 aromatic rings. The lowest BCUT2D eigenvalue weighted by atomic mass is 10.2. The molecule has 0 fully saturated rings. The van der Waals surface area contributed by atoms with E-state index in [1.54, 1.807) is 37.1 Å². The number of aromatic nitrogens is 2. The van der Waals surface area contributed by atoms with Crippen molar-refractivity contribution < 1.29 is 14.3 Å². The average molecular weight is 364 g/mol. The van der Waals surface area contributed by atoms with E-state index in [4.69, 9.17) is 4.74 Å². The van der Waals surface area contributed by atoms with Crippen molar-refractivity contribution in [2.45, 2.75) is 26.5 Å². The second-order valence-electron chi connectivity index (χ2n) is 6.62. The number of carbonyl (C=O) groups excluding carboxylic acids is 2. The van der Waals surface area contributed by atoms with Crippen LogP contribution in [0.4, 0.5) is 11.4 Å². The maximum atomic E-state index is 12.6. The van der Waals surface area contributed by atoms with Gasteiger partial charge in [0.2, 0.25) is 5.91 Å². The van der Waals surface area contributed by atoms with Crippen molar-refractivity contribution in [2.75, 3.05) is 17.3 Å². The highest BCUT2D eigenvalue weighted by Crippen LogP contribution is 2.35. The third-order valence-corrected chi connectivity index (χ3v) is 4.73. The lowest BCUT2D eigenvalue weighted by Crippen LogP contribution is -2.42. The number of ether oxygens (including phenoxy) is 1. The SMILES string of the molecule is Cc1nc2ccccc2n1CC(=O)Nc1ccc2c(c1)N(C)C(=O)C(C)O2. The first-order valence-electron chi connectivity index (χ1n) is 8.74. The standard InChI is InChI=1S/C20H20N4O3/c1-12-20(26)23(3)17-10-14(8-9-18(17)27-12)22-19(25)11-24-13(2)21-15-6-4-5-7-16(15)24/h4-10,12H,11H2,1-3H3,(H,22,25). The molecule has 1 aliphatic rings. The van der Waals surface area contributed by atoms with Gasteiger partial charge in [-0.15, -0.1) is 0 Å². The highest BCUT2D eigenvalue weighted by molar-refractivity contribution is 6.00. The number of benzene rings is 2. The quantitative estimate of drug-likeness (QED) is 0.775. The van der Waals surface area contributed by atoms with Crippen LogP contribution in [-0.4, -0.2) is 34.5 Å². The van der Waals surface area contributed by atoms with Crippen molar-refractivity contribution in [1.29, 1.82) is 0 Å². The number of aryl methyl sites for hydroxylation is 1. The van der Waals surface area contributed by atoms with Gasteiger partial charge < -0.3 is 19.5 Å². The van der Waals surface area contributed by atoms with E-state index in [2.05, 4.69) is 10.3 Å². The summed E-state index contributed by atoms with van der Waals surface area (Å²) in [5.41, 5.74) is 3.03. The van der Waals surface area contributed by atoms with E-state index in [0.29, 0.717) is 17.1 Å². The molecule has 0 saturated carbocycles. The van der Waals surface area contributed by atoms with Gasteiger partial charge in [-0.1, -0.05) is 12.1 Å². The molecule has 27 heavy (non-hydrogen) atoms. The van der Waals surface area contributed by atoms with Crippen LogP contribution in [0.2, 0.25) is 0 Å². The summed E-state index contributed by atoms with van der Waals surface area (Å²) in [6.45, 7) is 3.76. The molecule has 1 unspecified atom stereocenters. The summed E-state index contributed by atoms with van der Waals surface area (Å²) in [4.78, 5) is 30.7. The summed E-state index contributed by atoms with van der Waals surface area (Å²) < 4.78 is 7.49. The van der Waals surface area contributed by atoms with Gasteiger partial charge in [0.25, 0.3) is 5.91 Å². The first-order valence-corrected chi connectivity index (χ1v) is 8.74. The molecule has 0 saturated heterocycles. The minimum absolute atomic E-state index is 0.119. The molecule has 7 nitrogen and oxygen atoms in total. The van der Waals surface area contributed by atoms with Gasteiger partial charge in [-0.2, -0.15) is 0 Å². The molecule has 2 amide bonds. The second-order valence-corrected chi connectivity index (χ2v) is 6.62. The van der Waals surface area contributed by atoms with Gasteiger partial charge in [0, 0.05) is 12.7 Å². The first-order chi connectivity index (χ1) is 12.9. The van der Waals surface area contributed by atoms with Crippen LogP contribution in [0.25, 0.3) is 11.0 Å². The Bertz CT molecular complexity index is 1060. The number of fused-ring (bicyclic) bond motifs is 2. The fourth-order valence-corrected chi connectivity index (χ4v) is 3.33. The zero-order valence-electron chi connectivity index (χ0n) is 15.4. The maximum Gasteiger partial charge on any atom is 0.267 e. The summed E-state index contributed by atoms with van der Waals surface area (Å²) in [5, 5.41) is 2.89. The van der Waals surface area contributed by atoms with E-state index < -0.39 is 6.10 Å². The Labute approximate surface area is 156 Å². The van der Waals surface area contributed by atoms with E-state index >= 15 is 0 Å². The molecule has 1 aromatic heterocycles. The van der Waals surface area contributed by atoms with Gasteiger partial charge in [0.1, 0.15) is 18.1 Å². The summed E-state index contributed by atoms with van der Waals surface area (Å²) in [6, 6.07) is 13.0. The lowest BCUT2D eigenvalue weighted by molar-refractivity contribution is -0.125. The summed E-state index contributed by atoms with van der Waals surface area (Å²) in [5.74, 6) is 1.12. The number of hydrogen-bond acceptors (Lipinski definition) is 4. The van der Waals surface area contributed by atoms with Crippen LogP contribution in [0, 0.1) is 6.92 Å². The van der Waals surface area contributed by atoms with Crippen LogP contribution in [0.3, 0.4) is 0 Å². The third-order valence-electron chi connectivity index (χ3n) is 4.73. The van der Waals surface area contributed by atoms with E-state index in [-0.39, 0.29) is 18.4 Å². The van der Waals surface area contributed by atoms with Crippen LogP contribution >= 0.6 is 0 Å². The minimum atomic E-state index is -0.513. The molecule has 0 radical (unpaired) electrons. The summed E-state index contributed by atoms with van der Waals surface area (Å²) in [7, 11) is 1.70. The number of imidazole rings is 1. The average Bonchev–Trinajstić information content (AvgIpc) is 2.96. The van der Waals surface area contributed by atoms with Crippen molar-refractivity contribution in [2.24, 2.45) is 0 Å². The Morgan fingerprint density at radius 3 is 2.85 bits per heavy atom. The highest BCUT2D eigenvalue weighted by atomic mass is 16.5. The summed E-state index contributed by atoms with van der Waals surface area (Å²) >= 11 is 0. The number of hydrogen-bond donors (Lipinski definition) is 1. The zero-order valence-corrected chi connectivity index (χ0v) is 15.4. The van der Waals surface area contributed by atoms with Crippen molar-refractivity contribution in [3.63, 3.8) is 0 Å². The van der Waals surface area contributed by atoms with Crippen LogP contribution in [0.15, 0.2) is 42.5 Å². The molecule has 1 aliphatic heterocycles. The Morgan fingerprint density at radius 1 is 1.26 bits per heavy atom. The number of anilines is 2. The Hall–Kier alpha value is -3.35. The number of amides is 2. The monoisotopic (exact) mass is 364 g/mol. The van der Waals surface area contributed by atoms with Gasteiger partial charge in [-0.05, 0) is 44.2 Å². The maximum absolute atomic E-state index is 12.6. The zero-order chi connectivity index (χ0) is 19.1. The number of rotatable bonds is 3. The second kappa shape index (κ2) is 6.42. The van der Waals surface area contributed by atoms with E-state index in [1.165, 1.54) is 0 Å². The van der Waals surface area contributed by atoms with Gasteiger partial charge in [0.05, 0.1) is 16.7 Å². The van der Waals surface area contributed by atoms with E-state index in [0.717, 1.165) is 16.9 Å². The van der Waals surface area contributed by atoms with Gasteiger partial charge in [-0.25, -0.2) is 4.98 Å². The molecule has 1 N–H and O–H groups in total. The smallest absolute Gasteiger partial charge is 0.267 e. The van der Waals surface area contributed by atoms with Crippen molar-refractivity contribution in [3.8, 4) is 5.75 Å². The molecule has 2 heterocycles. The molecule has 2 aromatic carbocycles. The van der Waals surface area contributed by atoms with Crippen LogP contribution in [0.1, 0.15) is 12.7 Å². The Balaban J connectivity index is 1.55. The van der Waals surface area contributed by atoms with Crippen molar-refractivity contribution >= 4 is 34.2 Å². The number of carbonyl (C=O) groups is 2. The molecule has 1 atom stereocenters. The molecule has 0 spiro atoms. The molecule has 4 rings (SSSR count). The van der Waals surface area contributed by atoms with Crippen LogP contribution in [0.5, 0.6) is 5.75 Å². The molecule has 0 aliphatic carbocycles. The Kier molecular flexibility index (Phi) is 4.07. The predicted molar refractivity (Wildman–Crippen MR) is 103 cm³/mol. The lowest BCUT2D eigenvalue weighted by Gasteiger charge is -2.30. The normalized spacial score (nSPS) is 16.2. The topological polar surface area (TPSA) is 76.5 Å². The van der Waals surface area contributed by atoms with E-state index in [9.17, 15) is 9.59 Å². The predicted octanol–water partition coefficient (Wildman–Crippen LogP) is 2.73. The Morgan fingerprint density at radius 2 is 2.04 bits per heavy atom. The molecular formula is C20H20N4O3.